The Morgan fingerprint density at radius 3 is 2.57 bits per heavy atom. The summed E-state index contributed by atoms with van der Waals surface area (Å²) in [4.78, 5) is 24.1. The number of imidazole rings is 1. The van der Waals surface area contributed by atoms with Crippen molar-refractivity contribution in [1.29, 1.82) is 0 Å². The molecule has 0 unspecified atom stereocenters. The van der Waals surface area contributed by atoms with Crippen LogP contribution in [0.25, 0.3) is 10.2 Å². The fraction of sp³-hybridized carbons (Fsp3) is 0.261. The molecule has 4 rings (SSSR count). The summed E-state index contributed by atoms with van der Waals surface area (Å²) >= 11 is 1.58. The highest BCUT2D eigenvalue weighted by molar-refractivity contribution is 7.22. The van der Waals surface area contributed by atoms with Crippen LogP contribution in [-0.4, -0.2) is 27.0 Å². The van der Waals surface area contributed by atoms with E-state index in [4.69, 9.17) is 4.98 Å². The average Bonchev–Trinajstić information content (AvgIpc) is 3.38. The third-order valence-corrected chi connectivity index (χ3v) is 6.25. The lowest BCUT2D eigenvalue weighted by atomic mass is 10.1. The van der Waals surface area contributed by atoms with E-state index in [0.717, 1.165) is 33.9 Å². The third kappa shape index (κ3) is 4.55. The summed E-state index contributed by atoms with van der Waals surface area (Å²) in [5.74, 6) is -0.0101. The van der Waals surface area contributed by atoms with Crippen LogP contribution < -0.4 is 4.90 Å². The van der Waals surface area contributed by atoms with Crippen LogP contribution in [0, 0.1) is 20.8 Å². The van der Waals surface area contributed by atoms with Gasteiger partial charge in [-0.2, -0.15) is 0 Å². The van der Waals surface area contributed by atoms with Crippen molar-refractivity contribution in [2.24, 2.45) is 0 Å². The van der Waals surface area contributed by atoms with Crippen LogP contribution in [0.1, 0.15) is 33.5 Å². The van der Waals surface area contributed by atoms with Crippen molar-refractivity contribution in [2.45, 2.75) is 33.7 Å². The summed E-state index contributed by atoms with van der Waals surface area (Å²) in [5, 5.41) is 0.755. The van der Waals surface area contributed by atoms with Crippen LogP contribution in [0.4, 0.5) is 5.13 Å². The highest BCUT2D eigenvalue weighted by atomic mass is 35.5. The predicted molar refractivity (Wildman–Crippen MR) is 126 cm³/mol. The number of nitrogens with zero attached hydrogens (tertiary/aromatic N) is 4. The van der Waals surface area contributed by atoms with Crippen molar-refractivity contribution in [3.8, 4) is 0 Å². The Morgan fingerprint density at radius 2 is 1.87 bits per heavy atom. The van der Waals surface area contributed by atoms with Crippen molar-refractivity contribution < 1.29 is 4.79 Å². The number of carbonyl (C=O) groups is 1. The second-order valence-electron chi connectivity index (χ2n) is 7.33. The van der Waals surface area contributed by atoms with E-state index >= 15 is 0 Å². The largest absolute Gasteiger partial charge is 0.337 e. The number of rotatable bonds is 6. The zero-order valence-electron chi connectivity index (χ0n) is 17.3. The number of fused-ring (bicyclic) bond motifs is 1. The Labute approximate surface area is 186 Å². The molecule has 0 bridgehead atoms. The Bertz CT molecular complexity index is 1140. The average molecular weight is 441 g/mol. The Morgan fingerprint density at radius 1 is 1.10 bits per heavy atom. The van der Waals surface area contributed by atoms with Crippen molar-refractivity contribution in [2.75, 3.05) is 11.4 Å². The maximum atomic E-state index is 13.4. The second-order valence-corrected chi connectivity index (χ2v) is 8.34. The van der Waals surface area contributed by atoms with Crippen molar-refractivity contribution in [3.63, 3.8) is 0 Å². The molecule has 0 spiro atoms. The highest BCUT2D eigenvalue weighted by Crippen LogP contribution is 2.32. The quantitative estimate of drug-likeness (QED) is 0.393. The fourth-order valence-corrected chi connectivity index (χ4v) is 4.35. The number of anilines is 1. The van der Waals surface area contributed by atoms with Gasteiger partial charge in [-0.15, -0.1) is 12.4 Å². The zero-order valence-corrected chi connectivity index (χ0v) is 19.0. The van der Waals surface area contributed by atoms with Gasteiger partial charge in [-0.3, -0.25) is 9.69 Å². The molecule has 0 N–H and O–H groups in total. The van der Waals surface area contributed by atoms with E-state index in [-0.39, 0.29) is 18.3 Å². The number of hydrogen-bond acceptors (Lipinski definition) is 4. The molecule has 0 aliphatic heterocycles. The summed E-state index contributed by atoms with van der Waals surface area (Å²) in [5.41, 5.74) is 5.20. The van der Waals surface area contributed by atoms with Gasteiger partial charge in [-0.25, -0.2) is 9.97 Å². The summed E-state index contributed by atoms with van der Waals surface area (Å²) < 4.78 is 3.14. The molecule has 0 atom stereocenters. The fourth-order valence-electron chi connectivity index (χ4n) is 3.30. The number of amides is 1. The lowest BCUT2D eigenvalue weighted by molar-refractivity contribution is 0.0986. The van der Waals surface area contributed by atoms with Crippen LogP contribution in [0.15, 0.2) is 55.1 Å². The molecule has 156 valence electrons. The van der Waals surface area contributed by atoms with E-state index in [1.807, 2.05) is 46.9 Å². The van der Waals surface area contributed by atoms with Gasteiger partial charge in [-0.05, 0) is 56.5 Å². The van der Waals surface area contributed by atoms with Gasteiger partial charge in [0.15, 0.2) is 5.13 Å². The summed E-state index contributed by atoms with van der Waals surface area (Å²) in [7, 11) is 0. The van der Waals surface area contributed by atoms with Gasteiger partial charge >= 0.3 is 0 Å². The lowest BCUT2D eigenvalue weighted by Gasteiger charge is -2.20. The molecule has 0 aliphatic rings. The molecular weight excluding hydrogens is 416 g/mol. The van der Waals surface area contributed by atoms with Crippen LogP contribution in [0.2, 0.25) is 0 Å². The molecule has 2 aromatic carbocycles. The molecule has 0 fully saturated rings. The molecule has 0 aliphatic carbocycles. The Balaban J connectivity index is 0.00000256. The van der Waals surface area contributed by atoms with Gasteiger partial charge < -0.3 is 4.57 Å². The third-order valence-electron chi connectivity index (χ3n) is 5.21. The smallest absolute Gasteiger partial charge is 0.260 e. The molecule has 1 amide bonds. The first-order chi connectivity index (χ1) is 14.0. The summed E-state index contributed by atoms with van der Waals surface area (Å²) in [6, 6.07) is 11.9. The van der Waals surface area contributed by atoms with Gasteiger partial charge in [-0.1, -0.05) is 35.1 Å². The van der Waals surface area contributed by atoms with E-state index in [1.165, 1.54) is 11.1 Å². The number of aromatic nitrogens is 3. The minimum atomic E-state index is -0.0101. The van der Waals surface area contributed by atoms with Crippen molar-refractivity contribution in [1.82, 2.24) is 14.5 Å². The van der Waals surface area contributed by atoms with Crippen LogP contribution in [0.5, 0.6) is 0 Å². The zero-order chi connectivity index (χ0) is 20.4. The number of carbonyl (C=O) groups excluding carboxylic acids is 1. The number of aryl methyl sites for hydroxylation is 4. The standard InChI is InChI=1S/C23H24N4OS.ClH/c1-16-5-8-19(9-6-16)22(28)27(13-4-12-26-14-11-24-15-26)23-25-21-18(3)17(2)7-10-20(21)29-23;/h5-11,14-15H,4,12-13H2,1-3H3;1H. The van der Waals surface area contributed by atoms with E-state index in [2.05, 4.69) is 31.0 Å². The Kier molecular flexibility index (Phi) is 6.90. The van der Waals surface area contributed by atoms with Gasteiger partial charge in [0.25, 0.3) is 5.91 Å². The van der Waals surface area contributed by atoms with Crippen molar-refractivity contribution >= 4 is 45.0 Å². The van der Waals surface area contributed by atoms with Crippen molar-refractivity contribution in [3.05, 3.63) is 77.4 Å². The van der Waals surface area contributed by atoms with Gasteiger partial charge in [0.2, 0.25) is 0 Å². The Hall–Kier alpha value is -2.70. The van der Waals surface area contributed by atoms with E-state index in [0.29, 0.717) is 12.1 Å². The maximum Gasteiger partial charge on any atom is 0.260 e. The van der Waals surface area contributed by atoms with Gasteiger partial charge in [0.1, 0.15) is 0 Å². The van der Waals surface area contributed by atoms with Crippen LogP contribution in [-0.2, 0) is 6.54 Å². The first-order valence-corrected chi connectivity index (χ1v) is 10.6. The normalized spacial score (nSPS) is 10.8. The second kappa shape index (κ2) is 9.41. The molecule has 5 nitrogen and oxygen atoms in total. The molecule has 0 saturated heterocycles. The lowest BCUT2D eigenvalue weighted by Crippen LogP contribution is -2.32. The topological polar surface area (TPSA) is 51.0 Å². The van der Waals surface area contributed by atoms with E-state index in [1.54, 1.807) is 23.9 Å². The van der Waals surface area contributed by atoms with Gasteiger partial charge in [0, 0.05) is 31.0 Å². The molecule has 4 aromatic rings. The minimum Gasteiger partial charge on any atom is -0.337 e. The maximum absolute atomic E-state index is 13.4. The van der Waals surface area contributed by atoms with E-state index in [9.17, 15) is 4.79 Å². The highest BCUT2D eigenvalue weighted by Gasteiger charge is 2.21. The number of thiazole rings is 1. The molecule has 0 radical (unpaired) electrons. The minimum absolute atomic E-state index is 0. The summed E-state index contributed by atoms with van der Waals surface area (Å²) in [6.45, 7) is 7.61. The first kappa shape index (κ1) is 22.0. The first-order valence-electron chi connectivity index (χ1n) is 9.74. The molecular formula is C23H25ClN4OS. The van der Waals surface area contributed by atoms with Crippen LogP contribution in [0.3, 0.4) is 0 Å². The molecule has 2 aromatic heterocycles. The molecule has 2 heterocycles. The summed E-state index contributed by atoms with van der Waals surface area (Å²) in [6.07, 6.45) is 6.34. The van der Waals surface area contributed by atoms with Crippen LogP contribution >= 0.6 is 23.7 Å². The number of halogens is 1. The number of benzene rings is 2. The predicted octanol–water partition coefficient (Wildman–Crippen LogP) is 5.58. The van der Waals surface area contributed by atoms with Gasteiger partial charge in [0.05, 0.1) is 16.5 Å². The van der Waals surface area contributed by atoms with E-state index < -0.39 is 0 Å². The monoisotopic (exact) mass is 440 g/mol. The molecule has 0 saturated carbocycles. The SMILES string of the molecule is Cc1ccc(C(=O)N(CCCn2ccnc2)c2nc3c(C)c(C)ccc3s2)cc1.Cl. The number of hydrogen-bond donors (Lipinski definition) is 0. The molecule has 30 heavy (non-hydrogen) atoms. The molecule has 7 heteroatoms.